The molecule has 2 aromatic rings. The molecule has 2 fully saturated rings. The van der Waals surface area contributed by atoms with Crippen LogP contribution in [0.1, 0.15) is 23.3 Å². The lowest BCUT2D eigenvalue weighted by molar-refractivity contribution is -0.117. The summed E-state index contributed by atoms with van der Waals surface area (Å²) in [6.45, 7) is 1.99. The second-order valence-corrected chi connectivity index (χ2v) is 6.59. The van der Waals surface area contributed by atoms with Gasteiger partial charge in [-0.05, 0) is 18.6 Å². The molecular weight excluding hydrogens is 294 g/mol. The molecule has 7 heteroatoms. The minimum atomic E-state index is -0.130. The zero-order valence-electron chi connectivity index (χ0n) is 13.0. The van der Waals surface area contributed by atoms with Crippen LogP contribution in [-0.2, 0) is 11.8 Å². The van der Waals surface area contributed by atoms with Crippen LogP contribution in [0.15, 0.2) is 30.7 Å². The van der Waals surface area contributed by atoms with E-state index >= 15 is 0 Å². The van der Waals surface area contributed by atoms with Crippen molar-refractivity contribution in [2.24, 2.45) is 12.5 Å². The van der Waals surface area contributed by atoms with E-state index in [1.807, 2.05) is 24.2 Å². The first-order valence-electron chi connectivity index (χ1n) is 7.78. The van der Waals surface area contributed by atoms with E-state index in [1.165, 1.54) is 0 Å². The molecule has 2 saturated heterocycles. The lowest BCUT2D eigenvalue weighted by Gasteiger charge is -2.23. The van der Waals surface area contributed by atoms with Gasteiger partial charge < -0.3 is 14.8 Å². The van der Waals surface area contributed by atoms with Crippen molar-refractivity contribution in [3.8, 4) is 0 Å². The summed E-state index contributed by atoms with van der Waals surface area (Å²) < 4.78 is 1.70. The Hall–Kier alpha value is -2.57. The third-order valence-electron chi connectivity index (χ3n) is 4.88. The number of nitrogens with zero attached hydrogens (tertiary/aromatic N) is 4. The van der Waals surface area contributed by atoms with Crippen LogP contribution in [0.2, 0.25) is 0 Å². The Morgan fingerprint density at radius 1 is 1.39 bits per heavy atom. The number of anilines is 1. The monoisotopic (exact) mass is 313 g/mol. The summed E-state index contributed by atoms with van der Waals surface area (Å²) in [7, 11) is 1.84. The van der Waals surface area contributed by atoms with Crippen LogP contribution in [0.5, 0.6) is 0 Å². The number of aromatic nitrogens is 3. The maximum atomic E-state index is 12.5. The molecule has 4 rings (SSSR count). The summed E-state index contributed by atoms with van der Waals surface area (Å²) in [5, 5.41) is 4.14. The number of aryl methyl sites for hydroxylation is 1. The van der Waals surface area contributed by atoms with Crippen molar-refractivity contribution in [1.29, 1.82) is 0 Å². The summed E-state index contributed by atoms with van der Waals surface area (Å²) >= 11 is 0. The fourth-order valence-electron chi connectivity index (χ4n) is 3.69. The third-order valence-corrected chi connectivity index (χ3v) is 4.88. The Morgan fingerprint density at radius 3 is 2.96 bits per heavy atom. The van der Waals surface area contributed by atoms with Crippen molar-refractivity contribution in [1.82, 2.24) is 19.7 Å². The molecule has 1 spiro atoms. The Labute approximate surface area is 133 Å². The average molecular weight is 313 g/mol. The van der Waals surface area contributed by atoms with Crippen molar-refractivity contribution in [2.45, 2.75) is 12.8 Å². The van der Waals surface area contributed by atoms with Crippen LogP contribution < -0.4 is 4.90 Å². The van der Waals surface area contributed by atoms with E-state index in [0.29, 0.717) is 31.7 Å². The number of hydrogen-bond donors (Lipinski definition) is 1. The molecule has 7 nitrogen and oxygen atoms in total. The molecule has 0 unspecified atom stereocenters. The van der Waals surface area contributed by atoms with Gasteiger partial charge in [0.05, 0.1) is 11.9 Å². The van der Waals surface area contributed by atoms with E-state index in [9.17, 15) is 9.59 Å². The van der Waals surface area contributed by atoms with Crippen molar-refractivity contribution >= 4 is 17.5 Å². The molecule has 1 atom stereocenters. The molecule has 0 radical (unpaired) electrons. The number of H-pyrrole nitrogens is 1. The van der Waals surface area contributed by atoms with Gasteiger partial charge in [0.2, 0.25) is 5.91 Å². The molecule has 2 aromatic heterocycles. The molecule has 23 heavy (non-hydrogen) atoms. The summed E-state index contributed by atoms with van der Waals surface area (Å²) in [4.78, 5) is 31.5. The minimum absolute atomic E-state index is 0.0131. The van der Waals surface area contributed by atoms with Crippen LogP contribution in [0.4, 0.5) is 5.69 Å². The van der Waals surface area contributed by atoms with E-state index in [2.05, 4.69) is 10.1 Å². The van der Waals surface area contributed by atoms with Gasteiger partial charge in [0.15, 0.2) is 0 Å². The van der Waals surface area contributed by atoms with Crippen molar-refractivity contribution < 1.29 is 9.59 Å². The number of hydrogen-bond acceptors (Lipinski definition) is 3. The average Bonchev–Trinajstić information content (AvgIpc) is 3.28. The predicted octanol–water partition coefficient (Wildman–Crippen LogP) is 1.02. The fourth-order valence-corrected chi connectivity index (χ4v) is 3.69. The maximum absolute atomic E-state index is 12.5. The van der Waals surface area contributed by atoms with Gasteiger partial charge in [-0.2, -0.15) is 5.10 Å². The van der Waals surface area contributed by atoms with Crippen LogP contribution in [0, 0.1) is 5.41 Å². The van der Waals surface area contributed by atoms with Crippen molar-refractivity contribution in [2.75, 3.05) is 24.5 Å². The predicted molar refractivity (Wildman–Crippen MR) is 83.9 cm³/mol. The zero-order chi connectivity index (χ0) is 16.0. The minimum Gasteiger partial charge on any atom is -0.357 e. The van der Waals surface area contributed by atoms with Gasteiger partial charge in [-0.25, -0.2) is 0 Å². The van der Waals surface area contributed by atoms with Crippen LogP contribution in [0.25, 0.3) is 0 Å². The molecule has 2 aliphatic heterocycles. The topological polar surface area (TPSA) is 74.2 Å². The summed E-state index contributed by atoms with van der Waals surface area (Å²) in [5.41, 5.74) is 1.31. The summed E-state index contributed by atoms with van der Waals surface area (Å²) in [5.74, 6) is 0.131. The van der Waals surface area contributed by atoms with Crippen LogP contribution >= 0.6 is 0 Å². The fraction of sp³-hybridized carbons (Fsp3) is 0.438. The highest BCUT2D eigenvalue weighted by molar-refractivity contribution is 5.97. The van der Waals surface area contributed by atoms with E-state index in [0.717, 1.165) is 12.1 Å². The first-order chi connectivity index (χ1) is 11.1. The number of aromatic amines is 1. The Kier molecular flexibility index (Phi) is 3.04. The molecule has 2 aliphatic rings. The largest absolute Gasteiger partial charge is 0.357 e. The Morgan fingerprint density at radius 2 is 2.26 bits per heavy atom. The van der Waals surface area contributed by atoms with Gasteiger partial charge in [0.25, 0.3) is 5.91 Å². The SMILES string of the molecule is Cn1cc(N2C[C@]3(CCN(C(=O)c4ccc[nH]4)C3)CC2=O)cn1. The third kappa shape index (κ3) is 2.32. The summed E-state index contributed by atoms with van der Waals surface area (Å²) in [6.07, 6.45) is 6.68. The quantitative estimate of drug-likeness (QED) is 0.899. The number of likely N-dealkylation sites (tertiary alicyclic amines) is 1. The highest BCUT2D eigenvalue weighted by atomic mass is 16.2. The first-order valence-corrected chi connectivity index (χ1v) is 7.78. The van der Waals surface area contributed by atoms with E-state index in [4.69, 9.17) is 0 Å². The number of nitrogens with one attached hydrogen (secondary N) is 1. The number of carbonyl (C=O) groups excluding carboxylic acids is 2. The van der Waals surface area contributed by atoms with E-state index in [-0.39, 0.29) is 17.2 Å². The van der Waals surface area contributed by atoms with Gasteiger partial charge in [0, 0.05) is 50.9 Å². The first kappa shape index (κ1) is 14.0. The van der Waals surface area contributed by atoms with Crippen molar-refractivity contribution in [3.63, 3.8) is 0 Å². The molecule has 1 N–H and O–H groups in total. The maximum Gasteiger partial charge on any atom is 0.270 e. The second-order valence-electron chi connectivity index (χ2n) is 6.59. The smallest absolute Gasteiger partial charge is 0.270 e. The van der Waals surface area contributed by atoms with Gasteiger partial charge in [-0.15, -0.1) is 0 Å². The standard InChI is InChI=1S/C16H19N5O2/c1-19-9-12(8-18-19)21-11-16(7-14(21)22)4-6-20(10-16)15(23)13-3-2-5-17-13/h2-3,5,8-9,17H,4,6-7,10-11H2,1H3/t16-/m1/s1. The van der Waals surface area contributed by atoms with Gasteiger partial charge >= 0.3 is 0 Å². The highest BCUT2D eigenvalue weighted by Crippen LogP contribution is 2.42. The summed E-state index contributed by atoms with van der Waals surface area (Å²) in [6, 6.07) is 3.61. The molecule has 0 aromatic carbocycles. The highest BCUT2D eigenvalue weighted by Gasteiger charge is 2.49. The van der Waals surface area contributed by atoms with E-state index in [1.54, 1.807) is 28.0 Å². The van der Waals surface area contributed by atoms with Crippen molar-refractivity contribution in [3.05, 3.63) is 36.4 Å². The van der Waals surface area contributed by atoms with E-state index < -0.39 is 0 Å². The molecule has 0 saturated carbocycles. The van der Waals surface area contributed by atoms with Gasteiger partial charge in [0.1, 0.15) is 5.69 Å². The number of rotatable bonds is 2. The van der Waals surface area contributed by atoms with Gasteiger partial charge in [-0.1, -0.05) is 0 Å². The molecular formula is C16H19N5O2. The lowest BCUT2D eigenvalue weighted by Crippen LogP contribution is -2.34. The Bertz CT molecular complexity index is 750. The number of amides is 2. The lowest BCUT2D eigenvalue weighted by atomic mass is 9.86. The zero-order valence-corrected chi connectivity index (χ0v) is 13.0. The molecule has 2 amide bonds. The second kappa shape index (κ2) is 4.97. The molecule has 0 bridgehead atoms. The molecule has 0 aliphatic carbocycles. The van der Waals surface area contributed by atoms with Crippen LogP contribution in [0.3, 0.4) is 0 Å². The molecule has 120 valence electrons. The Balaban J connectivity index is 1.50. The van der Waals surface area contributed by atoms with Crippen LogP contribution in [-0.4, -0.2) is 51.1 Å². The normalized spacial score (nSPS) is 24.1. The number of carbonyl (C=O) groups is 2. The van der Waals surface area contributed by atoms with Gasteiger partial charge in [-0.3, -0.25) is 14.3 Å². The molecule has 4 heterocycles.